The van der Waals surface area contributed by atoms with E-state index in [0.29, 0.717) is 17.0 Å². The molecule has 0 unspecified atom stereocenters. The number of nitrogens with one attached hydrogen (secondary N) is 1. The zero-order valence-corrected chi connectivity index (χ0v) is 15.6. The van der Waals surface area contributed by atoms with Crippen LogP contribution < -0.4 is 5.32 Å². The van der Waals surface area contributed by atoms with Crippen molar-refractivity contribution in [3.8, 4) is 0 Å². The molecule has 2 heterocycles. The second kappa shape index (κ2) is 8.13. The predicted octanol–water partition coefficient (Wildman–Crippen LogP) is 4.71. The van der Waals surface area contributed by atoms with Gasteiger partial charge < -0.3 is 14.6 Å². The SMILES string of the molecule is O=C(/C=C/c1cc2ccccc2o1)Nc1ccccc1C(=O)N1CCCCC1. The number of piperidine rings is 1. The third-order valence-corrected chi connectivity index (χ3v) is 4.90. The molecule has 1 N–H and O–H groups in total. The Balaban J connectivity index is 1.47. The van der Waals surface area contributed by atoms with Crippen molar-refractivity contribution in [3.63, 3.8) is 0 Å². The third kappa shape index (κ3) is 3.98. The zero-order valence-electron chi connectivity index (χ0n) is 15.6. The second-order valence-corrected chi connectivity index (χ2v) is 6.91. The number of benzene rings is 2. The van der Waals surface area contributed by atoms with Crippen molar-refractivity contribution in [1.82, 2.24) is 4.90 Å². The van der Waals surface area contributed by atoms with E-state index in [4.69, 9.17) is 4.42 Å². The fourth-order valence-electron chi connectivity index (χ4n) is 3.46. The van der Waals surface area contributed by atoms with Gasteiger partial charge >= 0.3 is 0 Å². The second-order valence-electron chi connectivity index (χ2n) is 6.91. The number of furan rings is 1. The molecule has 2 amide bonds. The maximum atomic E-state index is 12.8. The van der Waals surface area contributed by atoms with Gasteiger partial charge in [0.15, 0.2) is 0 Å². The molecular weight excluding hydrogens is 352 g/mol. The topological polar surface area (TPSA) is 62.6 Å². The molecule has 0 spiro atoms. The van der Waals surface area contributed by atoms with Crippen LogP contribution in [0.5, 0.6) is 0 Å². The molecule has 2 aromatic carbocycles. The first-order valence-electron chi connectivity index (χ1n) is 9.57. The fraction of sp³-hybridized carbons (Fsp3) is 0.217. The van der Waals surface area contributed by atoms with Crippen LogP contribution in [0, 0.1) is 0 Å². The summed E-state index contributed by atoms with van der Waals surface area (Å²) in [6.07, 6.45) is 6.26. The first-order chi connectivity index (χ1) is 13.7. The third-order valence-electron chi connectivity index (χ3n) is 4.90. The lowest BCUT2D eigenvalue weighted by Crippen LogP contribution is -2.36. The standard InChI is InChI=1S/C23H22N2O3/c26-22(13-12-18-16-17-8-2-5-11-21(17)28-18)24-20-10-4-3-9-19(20)23(27)25-14-6-1-7-15-25/h2-5,8-13,16H,1,6-7,14-15H2,(H,24,26)/b13-12+. The number of rotatable bonds is 4. The lowest BCUT2D eigenvalue weighted by Gasteiger charge is -2.27. The lowest BCUT2D eigenvalue weighted by molar-refractivity contribution is -0.111. The van der Waals surface area contributed by atoms with Crippen LogP contribution in [0.25, 0.3) is 17.0 Å². The largest absolute Gasteiger partial charge is 0.457 e. The van der Waals surface area contributed by atoms with Crippen molar-refractivity contribution >= 4 is 34.5 Å². The molecule has 1 aliphatic rings. The summed E-state index contributed by atoms with van der Waals surface area (Å²) in [6, 6.07) is 16.7. The summed E-state index contributed by atoms with van der Waals surface area (Å²) in [5.41, 5.74) is 1.83. The van der Waals surface area contributed by atoms with Gasteiger partial charge in [0.2, 0.25) is 5.91 Å². The molecule has 5 nitrogen and oxygen atoms in total. The Bertz CT molecular complexity index is 996. The number of hydrogen-bond acceptors (Lipinski definition) is 3. The Kier molecular flexibility index (Phi) is 5.24. The van der Waals surface area contributed by atoms with E-state index in [1.807, 2.05) is 47.4 Å². The van der Waals surface area contributed by atoms with Gasteiger partial charge in [-0.3, -0.25) is 9.59 Å². The van der Waals surface area contributed by atoms with Crippen LogP contribution in [0.4, 0.5) is 5.69 Å². The minimum absolute atomic E-state index is 0.0307. The molecule has 28 heavy (non-hydrogen) atoms. The van der Waals surface area contributed by atoms with Crippen molar-refractivity contribution in [2.75, 3.05) is 18.4 Å². The maximum absolute atomic E-state index is 12.8. The van der Waals surface area contributed by atoms with E-state index in [9.17, 15) is 9.59 Å². The van der Waals surface area contributed by atoms with Gasteiger partial charge in [0.25, 0.3) is 5.91 Å². The van der Waals surface area contributed by atoms with Crippen molar-refractivity contribution < 1.29 is 14.0 Å². The molecule has 142 valence electrons. The average Bonchev–Trinajstić information content (AvgIpc) is 3.16. The average molecular weight is 374 g/mol. The number of likely N-dealkylation sites (tertiary alicyclic amines) is 1. The van der Waals surface area contributed by atoms with Gasteiger partial charge in [-0.15, -0.1) is 0 Å². The summed E-state index contributed by atoms with van der Waals surface area (Å²) in [5, 5.41) is 3.81. The molecule has 5 heteroatoms. The first kappa shape index (κ1) is 18.0. The molecule has 0 bridgehead atoms. The van der Waals surface area contributed by atoms with Crippen molar-refractivity contribution in [2.24, 2.45) is 0 Å². The summed E-state index contributed by atoms with van der Waals surface area (Å²) in [4.78, 5) is 27.1. The molecule has 1 aromatic heterocycles. The van der Waals surface area contributed by atoms with Crippen LogP contribution in [-0.4, -0.2) is 29.8 Å². The number of amides is 2. The van der Waals surface area contributed by atoms with Crippen LogP contribution in [-0.2, 0) is 4.79 Å². The van der Waals surface area contributed by atoms with Crippen LogP contribution in [0.2, 0.25) is 0 Å². The molecule has 1 aliphatic heterocycles. The van der Waals surface area contributed by atoms with E-state index < -0.39 is 0 Å². The Morgan fingerprint density at radius 3 is 2.54 bits per heavy atom. The summed E-state index contributed by atoms with van der Waals surface area (Å²) in [5.74, 6) is 0.269. The molecule has 1 saturated heterocycles. The van der Waals surface area contributed by atoms with E-state index >= 15 is 0 Å². The van der Waals surface area contributed by atoms with Crippen molar-refractivity contribution in [2.45, 2.75) is 19.3 Å². The molecule has 1 fully saturated rings. The molecule has 0 atom stereocenters. The van der Waals surface area contributed by atoms with Crippen LogP contribution in [0.1, 0.15) is 35.4 Å². The number of nitrogens with zero attached hydrogens (tertiary/aromatic N) is 1. The van der Waals surface area contributed by atoms with E-state index in [2.05, 4.69) is 5.32 Å². The van der Waals surface area contributed by atoms with Gasteiger partial charge in [0, 0.05) is 24.6 Å². The number of carbonyl (C=O) groups excluding carboxylic acids is 2. The highest BCUT2D eigenvalue weighted by Gasteiger charge is 2.20. The predicted molar refractivity (Wildman–Crippen MR) is 110 cm³/mol. The van der Waals surface area contributed by atoms with E-state index in [1.165, 1.54) is 6.08 Å². The number of para-hydroxylation sites is 2. The monoisotopic (exact) mass is 374 g/mol. The fourth-order valence-corrected chi connectivity index (χ4v) is 3.46. The maximum Gasteiger partial charge on any atom is 0.255 e. The molecule has 0 saturated carbocycles. The Hall–Kier alpha value is -3.34. The van der Waals surface area contributed by atoms with Crippen LogP contribution >= 0.6 is 0 Å². The number of anilines is 1. The quantitative estimate of drug-likeness (QED) is 0.673. The molecule has 3 aromatic rings. The highest BCUT2D eigenvalue weighted by Crippen LogP contribution is 2.21. The molecule has 0 aliphatic carbocycles. The van der Waals surface area contributed by atoms with Gasteiger partial charge in [-0.25, -0.2) is 0 Å². The van der Waals surface area contributed by atoms with Gasteiger partial charge in [-0.2, -0.15) is 0 Å². The van der Waals surface area contributed by atoms with E-state index in [0.717, 1.165) is 43.3 Å². The van der Waals surface area contributed by atoms with Gasteiger partial charge in [-0.05, 0) is 49.6 Å². The van der Waals surface area contributed by atoms with E-state index in [-0.39, 0.29) is 11.8 Å². The van der Waals surface area contributed by atoms with Crippen LogP contribution in [0.15, 0.2) is 65.1 Å². The molecular formula is C23H22N2O3. The number of fused-ring (bicyclic) bond motifs is 1. The first-order valence-corrected chi connectivity index (χ1v) is 9.57. The Morgan fingerprint density at radius 2 is 1.71 bits per heavy atom. The van der Waals surface area contributed by atoms with Gasteiger partial charge in [0.1, 0.15) is 11.3 Å². The molecule has 4 rings (SSSR count). The molecule has 0 radical (unpaired) electrons. The minimum atomic E-state index is -0.306. The minimum Gasteiger partial charge on any atom is -0.457 e. The highest BCUT2D eigenvalue weighted by molar-refractivity contribution is 6.07. The van der Waals surface area contributed by atoms with Crippen molar-refractivity contribution in [3.05, 3.63) is 72.0 Å². The normalized spacial score (nSPS) is 14.5. The Morgan fingerprint density at radius 1 is 0.964 bits per heavy atom. The van der Waals surface area contributed by atoms with E-state index in [1.54, 1.807) is 18.2 Å². The summed E-state index contributed by atoms with van der Waals surface area (Å²) < 4.78 is 5.68. The summed E-state index contributed by atoms with van der Waals surface area (Å²) in [6.45, 7) is 1.54. The van der Waals surface area contributed by atoms with Gasteiger partial charge in [-0.1, -0.05) is 30.3 Å². The van der Waals surface area contributed by atoms with Gasteiger partial charge in [0.05, 0.1) is 11.3 Å². The number of carbonyl (C=O) groups is 2. The number of hydrogen-bond donors (Lipinski definition) is 1. The smallest absolute Gasteiger partial charge is 0.255 e. The lowest BCUT2D eigenvalue weighted by atomic mass is 10.1. The summed E-state index contributed by atoms with van der Waals surface area (Å²) in [7, 11) is 0. The highest BCUT2D eigenvalue weighted by atomic mass is 16.3. The summed E-state index contributed by atoms with van der Waals surface area (Å²) >= 11 is 0. The zero-order chi connectivity index (χ0) is 19.3. The van der Waals surface area contributed by atoms with Crippen molar-refractivity contribution in [1.29, 1.82) is 0 Å². The Labute approximate surface area is 163 Å². The van der Waals surface area contributed by atoms with Crippen LogP contribution in [0.3, 0.4) is 0 Å².